The van der Waals surface area contributed by atoms with Gasteiger partial charge in [0.25, 0.3) is 0 Å². The summed E-state index contributed by atoms with van der Waals surface area (Å²) in [4.78, 5) is 21.6. The van der Waals surface area contributed by atoms with E-state index in [9.17, 15) is 4.79 Å². The minimum Gasteiger partial charge on any atom is -0.481 e. The van der Waals surface area contributed by atoms with E-state index in [1.807, 2.05) is 4.90 Å². The van der Waals surface area contributed by atoms with Gasteiger partial charge in [0.05, 0.1) is 5.92 Å². The summed E-state index contributed by atoms with van der Waals surface area (Å²) in [7, 11) is 0. The molecule has 0 bridgehead atoms. The summed E-state index contributed by atoms with van der Waals surface area (Å²) >= 11 is 0. The fraction of sp³-hybridized carbons (Fsp3) is 0.583. The average molecular weight is 263 g/mol. The normalized spacial score (nSPS) is 21.9. The molecule has 7 nitrogen and oxygen atoms in total. The average Bonchev–Trinajstić information content (AvgIpc) is 2.87. The number of carboxylic acids is 1. The van der Waals surface area contributed by atoms with Crippen LogP contribution in [-0.4, -0.2) is 40.7 Å². The number of rotatable bonds is 2. The third-order valence-corrected chi connectivity index (χ3v) is 3.74. The quantitative estimate of drug-likeness (QED) is 0.706. The van der Waals surface area contributed by atoms with Gasteiger partial charge in [-0.3, -0.25) is 4.79 Å². The largest absolute Gasteiger partial charge is 0.481 e. The maximum Gasteiger partial charge on any atom is 0.308 e. The lowest BCUT2D eigenvalue weighted by atomic mass is 10.1. The summed E-state index contributed by atoms with van der Waals surface area (Å²) in [6.45, 7) is 2.10. The summed E-state index contributed by atoms with van der Waals surface area (Å²) in [5, 5.41) is 12.3. The molecule has 4 N–H and O–H groups in total. The summed E-state index contributed by atoms with van der Waals surface area (Å²) < 4.78 is 0. The van der Waals surface area contributed by atoms with E-state index in [2.05, 4.69) is 15.3 Å². The maximum atomic E-state index is 11.0. The highest BCUT2D eigenvalue weighted by Crippen LogP contribution is 2.32. The number of hydrogen-bond donors (Lipinski definition) is 3. The molecule has 0 aromatic carbocycles. The Bertz CT molecular complexity index is 519. The number of anilines is 3. The first-order valence-electron chi connectivity index (χ1n) is 6.53. The number of nitrogens with two attached hydrogens (primary N) is 1. The third-order valence-electron chi connectivity index (χ3n) is 3.74. The van der Waals surface area contributed by atoms with E-state index in [4.69, 9.17) is 10.8 Å². The second kappa shape index (κ2) is 4.56. The van der Waals surface area contributed by atoms with Crippen molar-refractivity contribution in [1.29, 1.82) is 0 Å². The highest BCUT2D eigenvalue weighted by molar-refractivity contribution is 5.72. The molecular formula is C12H17N5O2. The fourth-order valence-electron chi connectivity index (χ4n) is 2.75. The molecule has 102 valence electrons. The molecule has 0 radical (unpaired) electrons. The summed E-state index contributed by atoms with van der Waals surface area (Å²) in [6, 6.07) is 0. The van der Waals surface area contributed by atoms with Crippen molar-refractivity contribution in [1.82, 2.24) is 9.97 Å². The fourth-order valence-corrected chi connectivity index (χ4v) is 2.75. The van der Waals surface area contributed by atoms with Crippen molar-refractivity contribution in [3.63, 3.8) is 0 Å². The van der Waals surface area contributed by atoms with Crippen LogP contribution >= 0.6 is 0 Å². The minimum atomic E-state index is -0.739. The van der Waals surface area contributed by atoms with Crippen LogP contribution < -0.4 is 16.0 Å². The Labute approximate surface area is 110 Å². The van der Waals surface area contributed by atoms with Crippen molar-refractivity contribution in [2.45, 2.75) is 19.3 Å². The zero-order valence-electron chi connectivity index (χ0n) is 10.6. The topological polar surface area (TPSA) is 104 Å². The molecular weight excluding hydrogens is 246 g/mol. The van der Waals surface area contributed by atoms with Crippen LogP contribution in [0, 0.1) is 5.92 Å². The van der Waals surface area contributed by atoms with Crippen LogP contribution in [0.1, 0.15) is 18.4 Å². The molecule has 0 aliphatic carbocycles. The molecule has 1 aromatic heterocycles. The Morgan fingerprint density at radius 2 is 2.32 bits per heavy atom. The molecule has 1 saturated heterocycles. The van der Waals surface area contributed by atoms with E-state index in [1.165, 1.54) is 0 Å². The van der Waals surface area contributed by atoms with Crippen molar-refractivity contribution < 1.29 is 9.90 Å². The predicted molar refractivity (Wildman–Crippen MR) is 71.2 cm³/mol. The molecule has 2 aliphatic rings. The van der Waals surface area contributed by atoms with Crippen molar-refractivity contribution in [3.8, 4) is 0 Å². The summed E-state index contributed by atoms with van der Waals surface area (Å²) in [5.41, 5.74) is 6.80. The number of carbonyl (C=O) groups is 1. The van der Waals surface area contributed by atoms with Gasteiger partial charge in [0.2, 0.25) is 5.95 Å². The van der Waals surface area contributed by atoms with Gasteiger partial charge in [-0.05, 0) is 19.3 Å². The maximum absolute atomic E-state index is 11.0. The molecule has 19 heavy (non-hydrogen) atoms. The lowest BCUT2D eigenvalue weighted by Gasteiger charge is -2.25. The lowest BCUT2D eigenvalue weighted by molar-refractivity contribution is -0.140. The first kappa shape index (κ1) is 12.0. The van der Waals surface area contributed by atoms with Crippen LogP contribution in [0.5, 0.6) is 0 Å². The number of nitrogens with zero attached hydrogens (tertiary/aromatic N) is 3. The molecule has 3 rings (SSSR count). The first-order chi connectivity index (χ1) is 9.15. The summed E-state index contributed by atoms with van der Waals surface area (Å²) in [5.74, 6) is 0.785. The summed E-state index contributed by atoms with van der Waals surface area (Å²) in [6.07, 6.45) is 2.59. The van der Waals surface area contributed by atoms with Crippen molar-refractivity contribution in [2.75, 3.05) is 35.6 Å². The Morgan fingerprint density at radius 1 is 1.47 bits per heavy atom. The van der Waals surface area contributed by atoms with E-state index in [0.717, 1.165) is 36.6 Å². The SMILES string of the molecule is Nc1nc2c(c(N3CC[C@H](C(=O)O)C3)n1)CCCN2. The molecule has 0 unspecified atom stereocenters. The van der Waals surface area contributed by atoms with Gasteiger partial charge in [0.15, 0.2) is 0 Å². The van der Waals surface area contributed by atoms with Gasteiger partial charge >= 0.3 is 5.97 Å². The van der Waals surface area contributed by atoms with Crippen molar-refractivity contribution in [2.24, 2.45) is 5.92 Å². The number of hydrogen-bond acceptors (Lipinski definition) is 6. The predicted octanol–water partition coefficient (Wildman–Crippen LogP) is 0.328. The lowest BCUT2D eigenvalue weighted by Crippen LogP contribution is -2.27. The molecule has 3 heterocycles. The van der Waals surface area contributed by atoms with Crippen LogP contribution in [0.15, 0.2) is 0 Å². The Kier molecular flexibility index (Phi) is 2.88. The standard InChI is InChI=1S/C12H17N5O2/c13-12-15-9-8(2-1-4-14-9)10(16-12)17-5-3-7(6-17)11(18)19/h7H,1-6H2,(H,18,19)(H3,13,14,15,16)/t7-/m0/s1. The van der Waals surface area contributed by atoms with Crippen LogP contribution in [0.4, 0.5) is 17.6 Å². The number of fused-ring (bicyclic) bond motifs is 1. The highest BCUT2D eigenvalue weighted by Gasteiger charge is 2.31. The number of nitrogen functional groups attached to an aromatic ring is 1. The zero-order valence-corrected chi connectivity index (χ0v) is 10.6. The third kappa shape index (κ3) is 2.16. The molecule has 1 atom stereocenters. The molecule has 0 spiro atoms. The highest BCUT2D eigenvalue weighted by atomic mass is 16.4. The molecule has 0 saturated carbocycles. The smallest absolute Gasteiger partial charge is 0.308 e. The van der Waals surface area contributed by atoms with E-state index in [1.54, 1.807) is 0 Å². The van der Waals surface area contributed by atoms with E-state index in [-0.39, 0.29) is 11.9 Å². The molecule has 1 aromatic rings. The van der Waals surface area contributed by atoms with Gasteiger partial charge in [-0.25, -0.2) is 0 Å². The molecule has 7 heteroatoms. The molecule has 0 amide bonds. The first-order valence-corrected chi connectivity index (χ1v) is 6.53. The second-order valence-corrected chi connectivity index (χ2v) is 5.03. The van der Waals surface area contributed by atoms with Gasteiger partial charge in [0.1, 0.15) is 11.6 Å². The Balaban J connectivity index is 1.92. The number of aliphatic carboxylic acids is 1. The van der Waals surface area contributed by atoms with Gasteiger partial charge < -0.3 is 21.1 Å². The van der Waals surface area contributed by atoms with Crippen LogP contribution in [0.3, 0.4) is 0 Å². The molecule has 1 fully saturated rings. The molecule has 2 aliphatic heterocycles. The Hall–Kier alpha value is -2.05. The van der Waals surface area contributed by atoms with Crippen LogP contribution in [-0.2, 0) is 11.2 Å². The van der Waals surface area contributed by atoms with Crippen LogP contribution in [0.2, 0.25) is 0 Å². The van der Waals surface area contributed by atoms with E-state index in [0.29, 0.717) is 19.5 Å². The monoisotopic (exact) mass is 263 g/mol. The van der Waals surface area contributed by atoms with Crippen molar-refractivity contribution in [3.05, 3.63) is 5.56 Å². The zero-order chi connectivity index (χ0) is 13.4. The van der Waals surface area contributed by atoms with E-state index >= 15 is 0 Å². The van der Waals surface area contributed by atoms with Gasteiger partial charge in [-0.15, -0.1) is 0 Å². The second-order valence-electron chi connectivity index (χ2n) is 5.03. The van der Waals surface area contributed by atoms with E-state index < -0.39 is 5.97 Å². The minimum absolute atomic E-state index is 0.238. The Morgan fingerprint density at radius 3 is 3.05 bits per heavy atom. The van der Waals surface area contributed by atoms with Gasteiger partial charge in [-0.2, -0.15) is 9.97 Å². The van der Waals surface area contributed by atoms with Crippen molar-refractivity contribution >= 4 is 23.6 Å². The number of nitrogens with one attached hydrogen (secondary N) is 1. The number of carboxylic acid groups (broad SMARTS) is 1. The van der Waals surface area contributed by atoms with Gasteiger partial charge in [0, 0.05) is 25.2 Å². The number of aromatic nitrogens is 2. The van der Waals surface area contributed by atoms with Gasteiger partial charge in [-0.1, -0.05) is 0 Å². The van der Waals surface area contributed by atoms with Crippen LogP contribution in [0.25, 0.3) is 0 Å².